The van der Waals surface area contributed by atoms with Gasteiger partial charge < -0.3 is 9.50 Å². The quantitative estimate of drug-likeness (QED) is 0.516. The van der Waals surface area contributed by atoms with E-state index in [1.54, 1.807) is 12.1 Å². The highest BCUT2D eigenvalue weighted by Crippen LogP contribution is 2.21. The largest absolute Gasteiger partial charge is 0.379 e. The molecule has 162 valence electrons. The fraction of sp³-hybridized carbons (Fsp3) is 0.0500. The normalized spacial score (nSPS) is 11.5. The Labute approximate surface area is 185 Å². The molecule has 3 aromatic rings. The zero-order valence-electron chi connectivity index (χ0n) is 16.1. The van der Waals surface area contributed by atoms with E-state index in [4.69, 9.17) is 15.8 Å². The molecule has 0 saturated carbocycles. The number of rotatable bonds is 6. The monoisotopic (exact) mass is 480 g/mol. The fourth-order valence-electron chi connectivity index (χ4n) is 2.42. The summed E-state index contributed by atoms with van der Waals surface area (Å²) in [5.41, 5.74) is 1.13. The summed E-state index contributed by atoms with van der Waals surface area (Å²) >= 11 is 5.73. The number of carbonyl (C=O) groups excluding carboxylic acids is 1. The van der Waals surface area contributed by atoms with Crippen molar-refractivity contribution in [2.24, 2.45) is 0 Å². The molecule has 0 heterocycles. The van der Waals surface area contributed by atoms with Crippen LogP contribution >= 0.6 is 11.6 Å². The predicted molar refractivity (Wildman–Crippen MR) is 116 cm³/mol. The molecule has 0 aliphatic carbocycles. The Morgan fingerprint density at radius 2 is 1.35 bits per heavy atom. The lowest BCUT2D eigenvalue weighted by molar-refractivity contribution is 0.256. The van der Waals surface area contributed by atoms with Gasteiger partial charge in [-0.3, -0.25) is 0 Å². The SMILES string of the molecule is Cc1ccc(S(=O)(=O)Oc2ccc(NC(=O)NS(=O)(=O)c3ccc(Cl)cc3)cc2)cc1. The van der Waals surface area contributed by atoms with Gasteiger partial charge >= 0.3 is 16.1 Å². The molecule has 0 aliphatic heterocycles. The minimum Gasteiger partial charge on any atom is -0.379 e. The van der Waals surface area contributed by atoms with Gasteiger partial charge in [0.25, 0.3) is 10.0 Å². The van der Waals surface area contributed by atoms with Gasteiger partial charge in [-0.05, 0) is 67.6 Å². The van der Waals surface area contributed by atoms with Gasteiger partial charge in [-0.1, -0.05) is 29.3 Å². The van der Waals surface area contributed by atoms with Gasteiger partial charge in [-0.15, -0.1) is 0 Å². The molecule has 3 aromatic carbocycles. The summed E-state index contributed by atoms with van der Waals surface area (Å²) in [5, 5.41) is 2.70. The molecule has 11 heteroatoms. The average molecular weight is 481 g/mol. The molecule has 0 unspecified atom stereocenters. The highest BCUT2D eigenvalue weighted by molar-refractivity contribution is 7.90. The summed E-state index contributed by atoms with van der Waals surface area (Å²) in [7, 11) is -8.10. The van der Waals surface area contributed by atoms with E-state index in [2.05, 4.69) is 5.32 Å². The molecule has 2 amide bonds. The second kappa shape index (κ2) is 8.96. The van der Waals surface area contributed by atoms with Crippen LogP contribution in [0.2, 0.25) is 5.02 Å². The zero-order chi connectivity index (χ0) is 22.6. The van der Waals surface area contributed by atoms with Crippen molar-refractivity contribution in [2.75, 3.05) is 5.32 Å². The first-order valence-corrected chi connectivity index (χ1v) is 12.0. The summed E-state index contributed by atoms with van der Waals surface area (Å²) < 4.78 is 56.0. The third-order valence-corrected chi connectivity index (χ3v) is 6.84. The Kier molecular flexibility index (Phi) is 6.54. The highest BCUT2D eigenvalue weighted by atomic mass is 35.5. The maximum Gasteiger partial charge on any atom is 0.339 e. The van der Waals surface area contributed by atoms with E-state index in [0.717, 1.165) is 5.56 Å². The molecular formula is C20H17ClN2O6S2. The number of amides is 2. The van der Waals surface area contributed by atoms with Crippen LogP contribution in [0.1, 0.15) is 5.56 Å². The first-order chi connectivity index (χ1) is 14.5. The molecule has 0 aliphatic rings. The molecule has 3 rings (SSSR count). The van der Waals surface area contributed by atoms with Crippen molar-refractivity contribution in [1.82, 2.24) is 4.72 Å². The van der Waals surface area contributed by atoms with Gasteiger partial charge in [0.15, 0.2) is 0 Å². The Balaban J connectivity index is 1.64. The Hall–Kier alpha value is -3.08. The second-order valence-corrected chi connectivity index (χ2v) is 10.1. The first-order valence-electron chi connectivity index (χ1n) is 8.76. The lowest BCUT2D eigenvalue weighted by Gasteiger charge is -2.10. The van der Waals surface area contributed by atoms with Crippen molar-refractivity contribution in [3.8, 4) is 5.75 Å². The minimum atomic E-state index is -4.09. The minimum absolute atomic E-state index is 0.00656. The van der Waals surface area contributed by atoms with Crippen LogP contribution < -0.4 is 14.2 Å². The number of carbonyl (C=O) groups is 1. The standard InChI is InChI=1S/C20H17ClN2O6S2/c1-14-2-10-19(11-3-14)31(27,28)29-17-8-6-16(7-9-17)22-20(24)23-30(25,26)18-12-4-15(21)5-13-18/h2-13H,1H3,(H2,22,23,24). The molecule has 0 bridgehead atoms. The number of sulfonamides is 1. The molecule has 0 saturated heterocycles. The smallest absolute Gasteiger partial charge is 0.339 e. The third kappa shape index (κ3) is 5.97. The van der Waals surface area contributed by atoms with Crippen LogP contribution in [0.25, 0.3) is 0 Å². The van der Waals surface area contributed by atoms with E-state index < -0.39 is 26.2 Å². The number of nitrogens with one attached hydrogen (secondary N) is 2. The number of halogens is 1. The lowest BCUT2D eigenvalue weighted by atomic mass is 10.2. The lowest BCUT2D eigenvalue weighted by Crippen LogP contribution is -2.34. The zero-order valence-corrected chi connectivity index (χ0v) is 18.5. The molecule has 0 spiro atoms. The fourth-order valence-corrected chi connectivity index (χ4v) is 4.39. The van der Waals surface area contributed by atoms with Crippen LogP contribution in [-0.2, 0) is 20.1 Å². The van der Waals surface area contributed by atoms with Crippen molar-refractivity contribution in [3.05, 3.63) is 83.4 Å². The van der Waals surface area contributed by atoms with Gasteiger partial charge in [0.2, 0.25) is 0 Å². The van der Waals surface area contributed by atoms with Crippen LogP contribution in [0.5, 0.6) is 5.75 Å². The molecule has 0 aromatic heterocycles. The molecule has 8 nitrogen and oxygen atoms in total. The molecule has 2 N–H and O–H groups in total. The van der Waals surface area contributed by atoms with E-state index in [9.17, 15) is 21.6 Å². The summed E-state index contributed by atoms with van der Waals surface area (Å²) in [4.78, 5) is 11.9. The van der Waals surface area contributed by atoms with Gasteiger partial charge in [0.1, 0.15) is 10.6 Å². The van der Waals surface area contributed by atoms with Crippen molar-refractivity contribution in [1.29, 1.82) is 0 Å². The topological polar surface area (TPSA) is 119 Å². The Bertz CT molecular complexity index is 1290. The molecule has 31 heavy (non-hydrogen) atoms. The van der Waals surface area contributed by atoms with Crippen molar-refractivity contribution < 1.29 is 25.8 Å². The van der Waals surface area contributed by atoms with Crippen molar-refractivity contribution in [2.45, 2.75) is 16.7 Å². The summed E-state index contributed by atoms with van der Waals surface area (Å²) in [6, 6.07) is 15.9. The summed E-state index contributed by atoms with van der Waals surface area (Å²) in [5.74, 6) is 0.0281. The number of hydrogen-bond acceptors (Lipinski definition) is 6. The number of aryl methyl sites for hydroxylation is 1. The average Bonchev–Trinajstić information content (AvgIpc) is 2.69. The maximum atomic E-state index is 12.3. The van der Waals surface area contributed by atoms with Crippen LogP contribution in [0.15, 0.2) is 82.6 Å². The predicted octanol–water partition coefficient (Wildman–Crippen LogP) is 3.93. The Morgan fingerprint density at radius 1 is 0.806 bits per heavy atom. The van der Waals surface area contributed by atoms with Gasteiger partial charge in [0.05, 0.1) is 4.90 Å². The van der Waals surface area contributed by atoms with Crippen LogP contribution in [-0.4, -0.2) is 22.9 Å². The molecular weight excluding hydrogens is 464 g/mol. The van der Waals surface area contributed by atoms with Crippen LogP contribution in [0.3, 0.4) is 0 Å². The van der Waals surface area contributed by atoms with E-state index in [0.29, 0.717) is 5.02 Å². The molecule has 0 fully saturated rings. The van der Waals surface area contributed by atoms with E-state index in [1.165, 1.54) is 60.7 Å². The van der Waals surface area contributed by atoms with Crippen molar-refractivity contribution in [3.63, 3.8) is 0 Å². The van der Waals surface area contributed by atoms with Gasteiger partial charge in [-0.2, -0.15) is 8.42 Å². The number of anilines is 1. The van der Waals surface area contributed by atoms with Crippen LogP contribution in [0, 0.1) is 6.92 Å². The summed E-state index contributed by atoms with van der Waals surface area (Å²) in [6.45, 7) is 1.83. The summed E-state index contributed by atoms with van der Waals surface area (Å²) in [6.07, 6.45) is 0. The maximum absolute atomic E-state index is 12.3. The van der Waals surface area contributed by atoms with Crippen molar-refractivity contribution >= 4 is 43.5 Å². The third-order valence-electron chi connectivity index (χ3n) is 3.98. The number of urea groups is 1. The molecule has 0 radical (unpaired) electrons. The van der Waals surface area contributed by atoms with E-state index in [-0.39, 0.29) is 21.2 Å². The second-order valence-electron chi connectivity index (χ2n) is 6.39. The van der Waals surface area contributed by atoms with E-state index >= 15 is 0 Å². The highest BCUT2D eigenvalue weighted by Gasteiger charge is 2.18. The van der Waals surface area contributed by atoms with E-state index in [1.807, 2.05) is 11.6 Å². The first kappa shape index (κ1) is 22.6. The molecule has 0 atom stereocenters. The number of hydrogen-bond donors (Lipinski definition) is 2. The van der Waals surface area contributed by atoms with Gasteiger partial charge in [0, 0.05) is 10.7 Å². The number of benzene rings is 3. The van der Waals surface area contributed by atoms with Gasteiger partial charge in [-0.25, -0.2) is 17.9 Å². The Morgan fingerprint density at radius 3 is 1.94 bits per heavy atom. The van der Waals surface area contributed by atoms with Crippen LogP contribution in [0.4, 0.5) is 10.5 Å².